The first kappa shape index (κ1) is 15.4. The third kappa shape index (κ3) is 6.95. The fourth-order valence-electron chi connectivity index (χ4n) is 1.22. The highest BCUT2D eigenvalue weighted by Crippen LogP contribution is 2.21. The van der Waals surface area contributed by atoms with Crippen LogP contribution in [0.5, 0.6) is 0 Å². The molecule has 0 aliphatic rings. The molecule has 1 heterocycles. The molecule has 1 aromatic rings. The third-order valence-electron chi connectivity index (χ3n) is 2.04. The molecule has 1 aromatic heterocycles. The Morgan fingerprint density at radius 2 is 2.22 bits per heavy atom. The van der Waals surface area contributed by atoms with Gasteiger partial charge in [0.25, 0.3) is 0 Å². The van der Waals surface area contributed by atoms with E-state index in [-0.39, 0.29) is 12.6 Å². The van der Waals surface area contributed by atoms with Crippen molar-refractivity contribution in [1.29, 1.82) is 0 Å². The molecule has 0 spiro atoms. The van der Waals surface area contributed by atoms with Gasteiger partial charge in [0.2, 0.25) is 0 Å². The van der Waals surface area contributed by atoms with Crippen LogP contribution < -0.4 is 10.6 Å². The number of nitrogens with one attached hydrogen (secondary N) is 2. The van der Waals surface area contributed by atoms with E-state index >= 15 is 0 Å². The van der Waals surface area contributed by atoms with Gasteiger partial charge in [0.1, 0.15) is 0 Å². The topological polar surface area (TPSA) is 70.6 Å². The van der Waals surface area contributed by atoms with Crippen LogP contribution in [0.2, 0.25) is 0 Å². The van der Waals surface area contributed by atoms with Crippen molar-refractivity contribution in [3.8, 4) is 0 Å². The average molecular weight is 337 g/mol. The Morgan fingerprint density at radius 1 is 1.39 bits per heavy atom. The summed E-state index contributed by atoms with van der Waals surface area (Å²) in [7, 11) is 0. The maximum absolute atomic E-state index is 11.4. The number of halogens is 1. The van der Waals surface area contributed by atoms with Crippen LogP contribution in [0.4, 0.5) is 4.79 Å². The number of hydrogen-bond donors (Lipinski definition) is 3. The number of ether oxygens (including phenoxy) is 1. The normalized spacial score (nSPS) is 10.3. The molecule has 7 heteroatoms. The number of thiophene rings is 1. The SMILES string of the molecule is O=C(NCCCOCCO)NCc1ccc(Br)s1. The largest absolute Gasteiger partial charge is 0.394 e. The molecule has 0 saturated carbocycles. The summed E-state index contributed by atoms with van der Waals surface area (Å²) in [5.74, 6) is 0. The number of aliphatic hydroxyl groups excluding tert-OH is 1. The van der Waals surface area contributed by atoms with E-state index in [1.54, 1.807) is 11.3 Å². The van der Waals surface area contributed by atoms with Crippen LogP contribution in [-0.4, -0.2) is 37.5 Å². The lowest BCUT2D eigenvalue weighted by atomic mass is 10.4. The predicted octanol–water partition coefficient (Wildman–Crippen LogP) is 1.71. The van der Waals surface area contributed by atoms with Crippen LogP contribution >= 0.6 is 27.3 Å². The highest BCUT2D eigenvalue weighted by atomic mass is 79.9. The quantitative estimate of drug-likeness (QED) is 0.633. The van der Waals surface area contributed by atoms with Crippen molar-refractivity contribution in [3.63, 3.8) is 0 Å². The highest BCUT2D eigenvalue weighted by molar-refractivity contribution is 9.11. The Hall–Kier alpha value is -0.630. The molecule has 2 amide bonds. The monoisotopic (exact) mass is 336 g/mol. The lowest BCUT2D eigenvalue weighted by Crippen LogP contribution is -2.35. The summed E-state index contributed by atoms with van der Waals surface area (Å²) in [4.78, 5) is 12.5. The summed E-state index contributed by atoms with van der Waals surface area (Å²) in [6.07, 6.45) is 0.734. The third-order valence-corrected chi connectivity index (χ3v) is 3.66. The summed E-state index contributed by atoms with van der Waals surface area (Å²) in [6.45, 7) is 2.01. The molecule has 0 aromatic carbocycles. The van der Waals surface area contributed by atoms with Crippen molar-refractivity contribution >= 4 is 33.3 Å². The molecule has 3 N–H and O–H groups in total. The predicted molar refractivity (Wildman–Crippen MR) is 74.8 cm³/mol. The van der Waals surface area contributed by atoms with Gasteiger partial charge in [-0.1, -0.05) is 0 Å². The summed E-state index contributed by atoms with van der Waals surface area (Å²) < 4.78 is 6.13. The Kier molecular flexibility index (Phi) is 7.99. The van der Waals surface area contributed by atoms with Gasteiger partial charge < -0.3 is 20.5 Å². The van der Waals surface area contributed by atoms with Gasteiger partial charge in [-0.25, -0.2) is 4.79 Å². The van der Waals surface area contributed by atoms with E-state index in [1.807, 2.05) is 12.1 Å². The van der Waals surface area contributed by atoms with E-state index in [4.69, 9.17) is 9.84 Å². The van der Waals surface area contributed by atoms with Crippen LogP contribution in [-0.2, 0) is 11.3 Å². The molecule has 1 rings (SSSR count). The first-order valence-corrected chi connectivity index (χ1v) is 7.28. The summed E-state index contributed by atoms with van der Waals surface area (Å²) in [5.41, 5.74) is 0. The molecule has 0 aliphatic heterocycles. The second kappa shape index (κ2) is 9.32. The second-order valence-corrected chi connectivity index (χ2v) is 6.05. The van der Waals surface area contributed by atoms with Gasteiger partial charge in [-0.3, -0.25) is 0 Å². The van der Waals surface area contributed by atoms with Crippen molar-refractivity contribution in [3.05, 3.63) is 20.8 Å². The minimum atomic E-state index is -0.179. The maximum Gasteiger partial charge on any atom is 0.315 e. The molecule has 5 nitrogen and oxygen atoms in total. The Morgan fingerprint density at radius 3 is 2.89 bits per heavy atom. The Balaban J connectivity index is 2.00. The molecule has 0 bridgehead atoms. The van der Waals surface area contributed by atoms with Gasteiger partial charge in [0.05, 0.1) is 23.5 Å². The molecule has 102 valence electrons. The zero-order valence-corrected chi connectivity index (χ0v) is 12.3. The lowest BCUT2D eigenvalue weighted by Gasteiger charge is -2.06. The number of hydrogen-bond acceptors (Lipinski definition) is 4. The summed E-state index contributed by atoms with van der Waals surface area (Å²) in [5, 5.41) is 14.0. The van der Waals surface area contributed by atoms with Gasteiger partial charge in [0, 0.05) is 18.0 Å². The molecular weight excluding hydrogens is 320 g/mol. The standard InChI is InChI=1S/C11H17BrN2O3S/c12-10-3-2-9(18-10)8-14-11(16)13-4-1-6-17-7-5-15/h2-3,15H,1,4-8H2,(H2,13,14,16). The Labute approximate surface area is 119 Å². The molecule has 0 atom stereocenters. The smallest absolute Gasteiger partial charge is 0.315 e. The van der Waals surface area contributed by atoms with Crippen LogP contribution in [0.1, 0.15) is 11.3 Å². The van der Waals surface area contributed by atoms with Crippen LogP contribution in [0.3, 0.4) is 0 Å². The van der Waals surface area contributed by atoms with Crippen molar-refractivity contribution in [2.45, 2.75) is 13.0 Å². The van der Waals surface area contributed by atoms with Gasteiger partial charge in [-0.2, -0.15) is 0 Å². The van der Waals surface area contributed by atoms with Crippen molar-refractivity contribution < 1.29 is 14.6 Å². The number of carbonyl (C=O) groups excluding carboxylic acids is 1. The van der Waals surface area contributed by atoms with E-state index in [2.05, 4.69) is 26.6 Å². The minimum Gasteiger partial charge on any atom is -0.394 e. The molecule has 0 saturated heterocycles. The fraction of sp³-hybridized carbons (Fsp3) is 0.545. The molecule has 0 fully saturated rings. The van der Waals surface area contributed by atoms with E-state index in [1.165, 1.54) is 0 Å². The Bertz CT molecular complexity index is 360. The molecule has 0 radical (unpaired) electrons. The van der Waals surface area contributed by atoms with E-state index in [0.717, 1.165) is 15.1 Å². The number of amides is 2. The van der Waals surface area contributed by atoms with Crippen LogP contribution in [0.25, 0.3) is 0 Å². The maximum atomic E-state index is 11.4. The minimum absolute atomic E-state index is 0.0320. The van der Waals surface area contributed by atoms with Crippen molar-refractivity contribution in [2.24, 2.45) is 0 Å². The molecular formula is C11H17BrN2O3S. The van der Waals surface area contributed by atoms with Gasteiger partial charge in [-0.15, -0.1) is 11.3 Å². The summed E-state index contributed by atoms with van der Waals surface area (Å²) >= 11 is 4.97. The lowest BCUT2D eigenvalue weighted by molar-refractivity contribution is 0.0910. The summed E-state index contributed by atoms with van der Waals surface area (Å²) in [6, 6.07) is 3.75. The van der Waals surface area contributed by atoms with Gasteiger partial charge in [0.15, 0.2) is 0 Å². The number of carbonyl (C=O) groups is 1. The van der Waals surface area contributed by atoms with E-state index < -0.39 is 0 Å². The number of rotatable bonds is 8. The van der Waals surface area contributed by atoms with Gasteiger partial charge >= 0.3 is 6.03 Å². The first-order chi connectivity index (χ1) is 8.72. The molecule has 18 heavy (non-hydrogen) atoms. The van der Waals surface area contributed by atoms with E-state index in [9.17, 15) is 4.79 Å². The number of aliphatic hydroxyl groups is 1. The van der Waals surface area contributed by atoms with Crippen molar-refractivity contribution in [1.82, 2.24) is 10.6 Å². The second-order valence-electron chi connectivity index (χ2n) is 3.50. The first-order valence-electron chi connectivity index (χ1n) is 5.67. The van der Waals surface area contributed by atoms with Crippen LogP contribution in [0.15, 0.2) is 15.9 Å². The van der Waals surface area contributed by atoms with Crippen LogP contribution in [0, 0.1) is 0 Å². The fourth-order valence-corrected chi connectivity index (χ4v) is 2.64. The molecule has 0 aliphatic carbocycles. The van der Waals surface area contributed by atoms with Crippen molar-refractivity contribution in [2.75, 3.05) is 26.4 Å². The highest BCUT2D eigenvalue weighted by Gasteiger charge is 2.01. The van der Waals surface area contributed by atoms with E-state index in [0.29, 0.717) is 26.3 Å². The van der Waals surface area contributed by atoms with Gasteiger partial charge in [-0.05, 0) is 34.5 Å². The average Bonchev–Trinajstić information content (AvgIpc) is 2.77. The molecule has 0 unspecified atom stereocenters. The number of urea groups is 1. The zero-order chi connectivity index (χ0) is 13.2. The zero-order valence-electron chi connectivity index (χ0n) is 9.95.